The molecule has 696 valence electrons. The van der Waals surface area contributed by atoms with E-state index in [4.69, 9.17) is 4.74 Å². The molecule has 28 nitrogen and oxygen atoms in total. The fraction of sp³-hybridized carbons (Fsp3) is 0.343. The van der Waals surface area contributed by atoms with Crippen LogP contribution >= 0.6 is 0 Å². The Morgan fingerprint density at radius 1 is 0.598 bits per heavy atom. The number of nitrogens with one attached hydrogen (secondary N) is 5. The molecular weight excluding hydrogens is 1780 g/mol. The van der Waals surface area contributed by atoms with E-state index in [1.165, 1.54) is 22.0 Å². The number of para-hydroxylation sites is 1. The lowest BCUT2D eigenvalue weighted by atomic mass is 9.74. The molecule has 9 aromatic rings. The molecule has 9 aromatic carbocycles. The molecule has 0 unspecified atom stereocenters. The number of nitrogens with zero attached hydrogens (tertiary/aromatic N) is 3. The van der Waals surface area contributed by atoms with Gasteiger partial charge in [-0.3, -0.25) is 42.2 Å². The van der Waals surface area contributed by atoms with Crippen LogP contribution in [-0.4, -0.2) is 152 Å². The summed E-state index contributed by atoms with van der Waals surface area (Å²) in [5.74, 6) is -1.03. The molecule has 5 aliphatic rings. The molecule has 5 amide bonds. The zero-order chi connectivity index (χ0) is 94.7. The van der Waals surface area contributed by atoms with Crippen LogP contribution in [0.15, 0.2) is 230 Å². The number of sulfonamides is 1. The Balaban J connectivity index is 0.552. The summed E-state index contributed by atoms with van der Waals surface area (Å²) < 4.78 is 180. The van der Waals surface area contributed by atoms with Crippen molar-refractivity contribution in [1.29, 1.82) is 0 Å². The van der Waals surface area contributed by atoms with E-state index in [-0.39, 0.29) is 89.7 Å². The lowest BCUT2D eigenvalue weighted by Gasteiger charge is -2.31. The molecule has 0 spiro atoms. The number of ether oxygens (including phenoxy) is 1. The summed E-state index contributed by atoms with van der Waals surface area (Å²) in [5, 5.41) is 16.3. The highest BCUT2D eigenvalue weighted by atomic mass is 32.2. The van der Waals surface area contributed by atoms with E-state index in [1.807, 2.05) is 73.3 Å². The van der Waals surface area contributed by atoms with E-state index in [1.54, 1.807) is 107 Å². The molecule has 33 heteroatoms. The molecule has 2 fully saturated rings. The fourth-order valence-corrected chi connectivity index (χ4v) is 23.4. The van der Waals surface area contributed by atoms with Crippen molar-refractivity contribution in [2.75, 3.05) is 55.6 Å². The third-order valence-electron chi connectivity index (χ3n) is 26.0. The van der Waals surface area contributed by atoms with Crippen molar-refractivity contribution in [2.24, 2.45) is 11.8 Å². The number of rotatable bonds is 34. The Bertz CT molecular complexity index is 6940. The van der Waals surface area contributed by atoms with Crippen molar-refractivity contribution in [3.8, 4) is 11.5 Å². The summed E-state index contributed by atoms with van der Waals surface area (Å²) in [4.78, 5) is 70.6. The number of anilines is 3. The average molecular weight is 1890 g/mol. The SMILES string of the molecule is C=C(/C=C/C=C/C=C1\N(CCCCCC(=O)NCCNC(=O)[C@H](CC)NC(=O)[C@H](CC2CCCCC2)NC(=O)c2ccc(CCNC(=O)C3CCN(S(=O)(=O)c4ccccc4C4=c5ccc(=C)cc5Oc5cc(N6CCc7ccccc76)ccc54)CC3)cc2)c2ccc3c(S(=O)(=O)O)cc(S(=O)(=O)O)cc3c2C1(C)C)C(C)(C)c1c(C)ccc2c(S(=O)(=O)O)cc(S(=O)(=O)O)cc12. The molecule has 4 aliphatic heterocycles. The standard InChI is InChI=1S/C99H110N8O20S5/c1-9-80(96(111)102-50-49-100-90(108)31-17-12-22-51-107-83-43-42-74-79(59-72(130(118,119)120)61-88(74)132(124,125)126)93(83)99(7,8)89(107)30-16-10-13-23-64(4)98(5,6)92-63(3)33-40-73-78(92)58-71(129(115,116)117)60-87(73)131(121,122)123)103-97(112)81(56-66-24-14-11-15-25-66)104-95(110)68-36-34-65(35-37-68)44-48-101-94(109)69-45-52-105(53-46-69)128(113,114)86-29-21-19-27-77(86)91-75-39-32-62(2)55-84(75)127-85-57-70(38-41-76(85)91)106-54-47-67-26-18-20-28-82(67)106/h10,13,16,18-21,23,26-30,32-43,55,57-61,66,69,80-81H,2,4,9,11-12,14-15,17,22,24-25,31,44-54,56H2,1,3,5-8H3,(H,100,108)(H,101,109)(H,102,111)(H,103,112)(H,104,110)(H,115,116,117)(H,118,119,120)(H,121,122,123)(H,124,125,126)/b16-10+,23-13+,89-30-/t80-,81-/m0/s1. The van der Waals surface area contributed by atoms with E-state index in [9.17, 15) is 84.3 Å². The van der Waals surface area contributed by atoms with E-state index in [0.717, 1.165) is 95.7 Å². The molecule has 4 heterocycles. The Morgan fingerprint density at radius 2 is 1.26 bits per heavy atom. The Hall–Kier alpha value is -11.5. The minimum atomic E-state index is -5.05. The van der Waals surface area contributed by atoms with Gasteiger partial charge in [-0.15, -0.1) is 0 Å². The van der Waals surface area contributed by atoms with E-state index >= 15 is 0 Å². The number of carbonyl (C=O) groups is 5. The number of piperidine rings is 1. The Labute approximate surface area is 770 Å². The number of aryl methyl sites for hydroxylation is 1. The zero-order valence-corrected chi connectivity index (χ0v) is 78.5. The smallest absolute Gasteiger partial charge is 0.295 e. The quantitative estimate of drug-likeness (QED) is 0.0103. The van der Waals surface area contributed by atoms with Gasteiger partial charge in [0.25, 0.3) is 46.4 Å². The third kappa shape index (κ3) is 21.1. The first-order valence-electron chi connectivity index (χ1n) is 44.3. The predicted molar refractivity (Wildman–Crippen MR) is 508 cm³/mol. The molecule has 1 aliphatic carbocycles. The van der Waals surface area contributed by atoms with Gasteiger partial charge in [-0.25, -0.2) is 8.42 Å². The fourth-order valence-electron chi connectivity index (χ4n) is 19.0. The van der Waals surface area contributed by atoms with Crippen LogP contribution < -0.4 is 51.6 Å². The van der Waals surface area contributed by atoms with E-state index in [2.05, 4.69) is 62.8 Å². The molecule has 0 aromatic heterocycles. The Morgan fingerprint density at radius 3 is 1.95 bits per heavy atom. The van der Waals surface area contributed by atoms with Crippen molar-refractivity contribution < 1.29 is 89.0 Å². The predicted octanol–water partition coefficient (Wildman–Crippen LogP) is 13.6. The first kappa shape index (κ1) is 96.6. The third-order valence-corrected chi connectivity index (χ3v) is 31.4. The van der Waals surface area contributed by atoms with E-state index in [0.29, 0.717) is 120 Å². The van der Waals surface area contributed by atoms with Crippen LogP contribution in [0.3, 0.4) is 0 Å². The van der Waals surface area contributed by atoms with Crippen LogP contribution in [0.2, 0.25) is 0 Å². The monoisotopic (exact) mass is 1890 g/mol. The molecule has 14 rings (SSSR count). The van der Waals surface area contributed by atoms with E-state index < -0.39 is 117 Å². The second kappa shape index (κ2) is 39.4. The minimum absolute atomic E-state index is 0.00465. The number of benzene rings is 9. The van der Waals surface area contributed by atoms with Crippen molar-refractivity contribution in [3.63, 3.8) is 0 Å². The van der Waals surface area contributed by atoms with Gasteiger partial charge >= 0.3 is 0 Å². The van der Waals surface area contributed by atoms with Crippen LogP contribution in [0.5, 0.6) is 11.5 Å². The second-order valence-electron chi connectivity index (χ2n) is 35.5. The second-order valence-corrected chi connectivity index (χ2v) is 43.0. The maximum atomic E-state index is 14.9. The van der Waals surface area contributed by atoms with Gasteiger partial charge in [0.05, 0.1) is 14.7 Å². The maximum Gasteiger partial charge on any atom is 0.295 e. The lowest BCUT2D eigenvalue weighted by Crippen LogP contribution is -2.54. The number of hydrogen-bond acceptors (Lipinski definition) is 18. The highest BCUT2D eigenvalue weighted by molar-refractivity contribution is 7.89. The minimum Gasteiger partial charge on any atom is -0.456 e. The number of hydrogen-bond donors (Lipinski definition) is 9. The van der Waals surface area contributed by atoms with Crippen molar-refractivity contribution in [3.05, 3.63) is 261 Å². The topological polar surface area (TPSA) is 416 Å². The average Bonchev–Trinajstić information content (AvgIpc) is 1.55. The first-order chi connectivity index (χ1) is 62.5. The van der Waals surface area contributed by atoms with Gasteiger partial charge in [0, 0.05) is 136 Å². The van der Waals surface area contributed by atoms with Crippen molar-refractivity contribution in [2.45, 2.75) is 185 Å². The van der Waals surface area contributed by atoms with Gasteiger partial charge in [0.1, 0.15) is 33.4 Å². The van der Waals surface area contributed by atoms with Gasteiger partial charge in [-0.2, -0.15) is 38.0 Å². The number of amides is 5. The molecule has 1 saturated heterocycles. The van der Waals surface area contributed by atoms with Crippen LogP contribution in [0.4, 0.5) is 17.1 Å². The number of allylic oxidation sites excluding steroid dienone is 7. The first-order valence-corrected chi connectivity index (χ1v) is 51.5. The highest BCUT2D eigenvalue weighted by Gasteiger charge is 2.43. The number of carbonyl (C=O) groups excluding carboxylic acids is 5. The summed E-state index contributed by atoms with van der Waals surface area (Å²) in [7, 11) is -24.1. The maximum absolute atomic E-state index is 14.9. The van der Waals surface area contributed by atoms with Gasteiger partial charge in [-0.1, -0.05) is 189 Å². The molecule has 1 saturated carbocycles. The highest BCUT2D eigenvalue weighted by Crippen LogP contribution is 2.53. The lowest BCUT2D eigenvalue weighted by molar-refractivity contribution is -0.130. The molecule has 9 N–H and O–H groups in total. The summed E-state index contributed by atoms with van der Waals surface area (Å²) in [6.45, 7) is 21.0. The summed E-state index contributed by atoms with van der Waals surface area (Å²) >= 11 is 0. The number of fused-ring (bicyclic) bond motifs is 7. The normalized spacial score (nSPS) is 16.5. The zero-order valence-electron chi connectivity index (χ0n) is 74.4. The van der Waals surface area contributed by atoms with Crippen LogP contribution in [0.25, 0.3) is 33.7 Å². The van der Waals surface area contributed by atoms with Gasteiger partial charge in [-0.05, 0) is 192 Å². The van der Waals surface area contributed by atoms with Crippen molar-refractivity contribution >= 4 is 131 Å². The number of unbranched alkanes of at least 4 members (excludes halogenated alkanes) is 2. The van der Waals surface area contributed by atoms with Gasteiger partial charge in [0.2, 0.25) is 33.7 Å². The molecule has 0 bridgehead atoms. The summed E-state index contributed by atoms with van der Waals surface area (Å²) in [5.41, 5.74) is 7.72. The largest absolute Gasteiger partial charge is 0.456 e. The van der Waals surface area contributed by atoms with Crippen molar-refractivity contribution in [1.82, 2.24) is 30.9 Å². The van der Waals surface area contributed by atoms with Crippen LogP contribution in [-0.2, 0) is 93.3 Å². The summed E-state index contributed by atoms with van der Waals surface area (Å²) in [6.07, 6.45) is 17.5. The molecular formula is C99H110N8O20S5. The van der Waals surface area contributed by atoms with Crippen LogP contribution in [0, 0.1) is 18.8 Å². The molecule has 132 heavy (non-hydrogen) atoms. The van der Waals surface area contributed by atoms with Crippen LogP contribution in [0.1, 0.15) is 167 Å². The van der Waals surface area contributed by atoms with Gasteiger partial charge < -0.3 is 41.1 Å². The summed E-state index contributed by atoms with van der Waals surface area (Å²) in [6, 6.07) is 41.9. The molecule has 2 atom stereocenters. The molecule has 0 radical (unpaired) electrons. The van der Waals surface area contributed by atoms with Gasteiger partial charge in [0.15, 0.2) is 0 Å². The Kier molecular flexibility index (Phi) is 28.8.